The fraction of sp³-hybridized carbons (Fsp3) is 0.438. The minimum absolute atomic E-state index is 0.0429. The van der Waals surface area contributed by atoms with Gasteiger partial charge in [-0.3, -0.25) is 14.3 Å². The van der Waals surface area contributed by atoms with Crippen LogP contribution in [0.1, 0.15) is 31.3 Å². The molecule has 0 bridgehead atoms. The lowest BCUT2D eigenvalue weighted by molar-refractivity contribution is -0.138. The number of hydrogen-bond acceptors (Lipinski definition) is 4. The van der Waals surface area contributed by atoms with Crippen molar-refractivity contribution in [2.75, 3.05) is 6.54 Å². The number of carbonyl (C=O) groups is 2. The second-order valence-corrected chi connectivity index (χ2v) is 5.95. The van der Waals surface area contributed by atoms with Gasteiger partial charge in [0.05, 0.1) is 31.6 Å². The molecule has 122 valence electrons. The molecule has 0 aliphatic carbocycles. The molecule has 0 fully saturated rings. The third-order valence-electron chi connectivity index (χ3n) is 3.92. The van der Waals surface area contributed by atoms with E-state index in [1.165, 1.54) is 0 Å². The van der Waals surface area contributed by atoms with Crippen molar-refractivity contribution in [1.29, 1.82) is 0 Å². The van der Waals surface area contributed by atoms with Crippen LogP contribution < -0.4 is 5.32 Å². The third kappa shape index (κ3) is 3.13. The van der Waals surface area contributed by atoms with E-state index in [2.05, 4.69) is 10.4 Å². The molecule has 1 atom stereocenters. The molecule has 1 aliphatic heterocycles. The number of carbonyl (C=O) groups excluding carboxylic acids is 2. The fourth-order valence-electron chi connectivity index (χ4n) is 2.73. The highest BCUT2D eigenvalue weighted by Gasteiger charge is 2.33. The molecular formula is C16H20N4O3. The zero-order chi connectivity index (χ0) is 16.4. The van der Waals surface area contributed by atoms with Crippen molar-refractivity contribution in [2.24, 2.45) is 5.92 Å². The van der Waals surface area contributed by atoms with Gasteiger partial charge in [0, 0.05) is 12.1 Å². The summed E-state index contributed by atoms with van der Waals surface area (Å²) in [6.07, 6.45) is 3.22. The molecule has 1 aliphatic rings. The smallest absolute Gasteiger partial charge is 0.247 e. The number of nitrogens with zero attached hydrogens (tertiary/aromatic N) is 3. The molecule has 0 radical (unpaired) electrons. The van der Waals surface area contributed by atoms with E-state index in [4.69, 9.17) is 4.42 Å². The molecule has 7 nitrogen and oxygen atoms in total. The van der Waals surface area contributed by atoms with Crippen molar-refractivity contribution in [1.82, 2.24) is 20.0 Å². The highest BCUT2D eigenvalue weighted by atomic mass is 16.3. The summed E-state index contributed by atoms with van der Waals surface area (Å²) in [7, 11) is 0. The second-order valence-electron chi connectivity index (χ2n) is 5.95. The average molecular weight is 316 g/mol. The number of furan rings is 1. The lowest BCUT2D eigenvalue weighted by Crippen LogP contribution is -2.47. The van der Waals surface area contributed by atoms with Crippen molar-refractivity contribution in [3.8, 4) is 0 Å². The summed E-state index contributed by atoms with van der Waals surface area (Å²) in [6, 6.07) is 4.89. The predicted octanol–water partition coefficient (Wildman–Crippen LogP) is 1.33. The zero-order valence-corrected chi connectivity index (χ0v) is 13.2. The van der Waals surface area contributed by atoms with Gasteiger partial charge >= 0.3 is 0 Å². The van der Waals surface area contributed by atoms with Crippen LogP contribution in [-0.2, 0) is 22.7 Å². The van der Waals surface area contributed by atoms with Crippen LogP contribution in [0.15, 0.2) is 35.1 Å². The summed E-state index contributed by atoms with van der Waals surface area (Å²) in [5.74, 6) is 0.454. The summed E-state index contributed by atoms with van der Waals surface area (Å²) in [4.78, 5) is 26.6. The third-order valence-corrected chi connectivity index (χ3v) is 3.92. The van der Waals surface area contributed by atoms with Gasteiger partial charge in [0.1, 0.15) is 11.8 Å². The van der Waals surface area contributed by atoms with Crippen molar-refractivity contribution in [3.05, 3.63) is 42.1 Å². The van der Waals surface area contributed by atoms with Crippen LogP contribution >= 0.6 is 0 Å². The molecule has 7 heteroatoms. The lowest BCUT2D eigenvalue weighted by Gasteiger charge is -2.34. The molecule has 2 aromatic heterocycles. The maximum absolute atomic E-state index is 12.5. The van der Waals surface area contributed by atoms with Gasteiger partial charge in [-0.15, -0.1) is 0 Å². The first-order chi connectivity index (χ1) is 11.1. The Morgan fingerprint density at radius 2 is 2.26 bits per heavy atom. The van der Waals surface area contributed by atoms with E-state index >= 15 is 0 Å². The lowest BCUT2D eigenvalue weighted by atomic mass is 10.1. The SMILES string of the molecule is CC(C)C(=O)N1Cc2ccnn2[C@H](C(=O)NCc2ccco2)C1. The van der Waals surface area contributed by atoms with Gasteiger partial charge in [0.15, 0.2) is 0 Å². The standard InChI is InChI=1S/C16H20N4O3/c1-11(2)16(22)19-9-12-5-6-18-20(12)14(10-19)15(21)17-8-13-4-3-7-23-13/h3-7,11,14H,8-10H2,1-2H3,(H,17,21)/t14-/m0/s1. The summed E-state index contributed by atoms with van der Waals surface area (Å²) in [6.45, 7) is 4.85. The Kier molecular flexibility index (Phi) is 4.18. The Labute approximate surface area is 134 Å². The van der Waals surface area contributed by atoms with Gasteiger partial charge in [-0.05, 0) is 18.2 Å². The first-order valence-electron chi connectivity index (χ1n) is 7.67. The Morgan fingerprint density at radius 1 is 1.43 bits per heavy atom. The summed E-state index contributed by atoms with van der Waals surface area (Å²) >= 11 is 0. The molecule has 3 heterocycles. The molecule has 0 aromatic carbocycles. The molecule has 0 unspecified atom stereocenters. The molecule has 0 saturated carbocycles. The maximum atomic E-state index is 12.5. The van der Waals surface area contributed by atoms with Crippen LogP contribution in [0, 0.1) is 5.92 Å². The minimum Gasteiger partial charge on any atom is -0.467 e. The van der Waals surface area contributed by atoms with Crippen LogP contribution in [0.25, 0.3) is 0 Å². The van der Waals surface area contributed by atoms with Crippen molar-refractivity contribution in [3.63, 3.8) is 0 Å². The number of hydrogen-bond donors (Lipinski definition) is 1. The summed E-state index contributed by atoms with van der Waals surface area (Å²) in [5.41, 5.74) is 0.864. The van der Waals surface area contributed by atoms with E-state index in [1.807, 2.05) is 19.9 Å². The zero-order valence-electron chi connectivity index (χ0n) is 13.2. The van der Waals surface area contributed by atoms with E-state index in [9.17, 15) is 9.59 Å². The van der Waals surface area contributed by atoms with E-state index < -0.39 is 6.04 Å². The maximum Gasteiger partial charge on any atom is 0.247 e. The van der Waals surface area contributed by atoms with Gasteiger partial charge in [-0.2, -0.15) is 5.10 Å². The van der Waals surface area contributed by atoms with Crippen LogP contribution in [0.2, 0.25) is 0 Å². The molecule has 1 N–H and O–H groups in total. The first-order valence-corrected chi connectivity index (χ1v) is 7.67. The molecule has 0 saturated heterocycles. The highest BCUT2D eigenvalue weighted by molar-refractivity contribution is 5.83. The van der Waals surface area contributed by atoms with E-state index in [0.29, 0.717) is 25.4 Å². The van der Waals surface area contributed by atoms with Crippen LogP contribution in [-0.4, -0.2) is 33.0 Å². The van der Waals surface area contributed by atoms with E-state index in [0.717, 1.165) is 5.69 Å². The topological polar surface area (TPSA) is 80.4 Å². The molecule has 3 rings (SSSR count). The number of amides is 2. The molecule has 0 spiro atoms. The molecule has 23 heavy (non-hydrogen) atoms. The number of nitrogens with one attached hydrogen (secondary N) is 1. The number of fused-ring (bicyclic) bond motifs is 1. The normalized spacial score (nSPS) is 17.2. The Bertz CT molecular complexity index is 690. The van der Waals surface area contributed by atoms with Crippen molar-refractivity contribution < 1.29 is 14.0 Å². The Hall–Kier alpha value is -2.57. The summed E-state index contributed by atoms with van der Waals surface area (Å²) < 4.78 is 6.91. The fourth-order valence-corrected chi connectivity index (χ4v) is 2.73. The number of aromatic nitrogens is 2. The Morgan fingerprint density at radius 3 is 2.96 bits per heavy atom. The molecule has 2 aromatic rings. The molecular weight excluding hydrogens is 296 g/mol. The minimum atomic E-state index is -0.522. The Balaban J connectivity index is 1.74. The average Bonchev–Trinajstić information content (AvgIpc) is 3.21. The number of rotatable bonds is 4. The van der Waals surface area contributed by atoms with Crippen LogP contribution in [0.4, 0.5) is 0 Å². The quantitative estimate of drug-likeness (QED) is 0.923. The van der Waals surface area contributed by atoms with Gasteiger partial charge < -0.3 is 14.6 Å². The van der Waals surface area contributed by atoms with Gasteiger partial charge in [0.2, 0.25) is 11.8 Å². The first kappa shape index (κ1) is 15.3. The van der Waals surface area contributed by atoms with Gasteiger partial charge in [0.25, 0.3) is 0 Å². The largest absolute Gasteiger partial charge is 0.467 e. The van der Waals surface area contributed by atoms with E-state index in [-0.39, 0.29) is 17.7 Å². The monoisotopic (exact) mass is 316 g/mol. The van der Waals surface area contributed by atoms with E-state index in [1.54, 1.807) is 34.2 Å². The summed E-state index contributed by atoms with van der Waals surface area (Å²) in [5, 5.41) is 7.08. The van der Waals surface area contributed by atoms with Crippen LogP contribution in [0.3, 0.4) is 0 Å². The van der Waals surface area contributed by atoms with Crippen molar-refractivity contribution >= 4 is 11.8 Å². The second kappa shape index (κ2) is 6.28. The predicted molar refractivity (Wildman–Crippen MR) is 82.1 cm³/mol. The molecule has 2 amide bonds. The highest BCUT2D eigenvalue weighted by Crippen LogP contribution is 2.22. The van der Waals surface area contributed by atoms with Gasteiger partial charge in [-0.1, -0.05) is 13.8 Å². The van der Waals surface area contributed by atoms with Crippen LogP contribution in [0.5, 0.6) is 0 Å². The van der Waals surface area contributed by atoms with Gasteiger partial charge in [-0.25, -0.2) is 0 Å². The van der Waals surface area contributed by atoms with Crippen molar-refractivity contribution in [2.45, 2.75) is 33.0 Å².